The predicted octanol–water partition coefficient (Wildman–Crippen LogP) is 2.04. The lowest BCUT2D eigenvalue weighted by Gasteiger charge is -2.06. The third-order valence-corrected chi connectivity index (χ3v) is 3.27. The van der Waals surface area contributed by atoms with E-state index >= 15 is 0 Å². The van der Waals surface area contributed by atoms with E-state index in [2.05, 4.69) is 16.2 Å². The van der Waals surface area contributed by atoms with Gasteiger partial charge in [-0.15, -0.1) is 0 Å². The van der Waals surface area contributed by atoms with E-state index in [4.69, 9.17) is 5.73 Å². The molecule has 6 nitrogen and oxygen atoms in total. The maximum Gasteiger partial charge on any atom is 0.251 e. The lowest BCUT2D eigenvalue weighted by atomic mass is 10.0. The van der Waals surface area contributed by atoms with Crippen LogP contribution in [0.1, 0.15) is 15.9 Å². The number of rotatable bonds is 3. The quantitative estimate of drug-likeness (QED) is 0.800. The number of halogens is 1. The summed E-state index contributed by atoms with van der Waals surface area (Å²) >= 11 is 0. The summed E-state index contributed by atoms with van der Waals surface area (Å²) in [5.41, 5.74) is 7.04. The molecular weight excluding hydrogens is 297 g/mol. The zero-order valence-electron chi connectivity index (χ0n) is 11.8. The van der Waals surface area contributed by atoms with E-state index in [-0.39, 0.29) is 11.4 Å². The number of hydrogen-bond donors (Lipinski definition) is 1. The van der Waals surface area contributed by atoms with Crippen LogP contribution in [-0.4, -0.2) is 20.7 Å². The van der Waals surface area contributed by atoms with E-state index in [0.29, 0.717) is 22.5 Å². The van der Waals surface area contributed by atoms with Crippen molar-refractivity contribution in [2.24, 2.45) is 5.73 Å². The summed E-state index contributed by atoms with van der Waals surface area (Å²) < 4.78 is 14.4. The molecule has 2 aromatic heterocycles. The van der Waals surface area contributed by atoms with Crippen molar-refractivity contribution in [3.8, 4) is 23.0 Å². The van der Waals surface area contributed by atoms with Gasteiger partial charge in [-0.3, -0.25) is 4.79 Å². The zero-order chi connectivity index (χ0) is 16.4. The maximum atomic E-state index is 13.0. The molecule has 3 rings (SSSR count). The Balaban J connectivity index is 2.04. The molecule has 23 heavy (non-hydrogen) atoms. The minimum absolute atomic E-state index is 0.243. The third kappa shape index (κ3) is 2.78. The number of hydrogen-bond acceptors (Lipinski definition) is 4. The van der Waals surface area contributed by atoms with E-state index in [1.54, 1.807) is 12.1 Å². The van der Waals surface area contributed by atoms with Crippen LogP contribution >= 0.6 is 0 Å². The molecule has 1 aromatic carbocycles. The van der Waals surface area contributed by atoms with E-state index < -0.39 is 5.91 Å². The molecular formula is C16H10FN5O. The molecule has 3 aromatic rings. The molecule has 112 valence electrons. The molecule has 2 N–H and O–H groups in total. The molecule has 0 spiro atoms. The van der Waals surface area contributed by atoms with Crippen LogP contribution in [-0.2, 0) is 0 Å². The monoisotopic (exact) mass is 307 g/mol. The largest absolute Gasteiger partial charge is 0.366 e. The Hall–Kier alpha value is -3.53. The van der Waals surface area contributed by atoms with Gasteiger partial charge in [0.25, 0.3) is 5.91 Å². The number of nitrogens with zero attached hydrogens (tertiary/aromatic N) is 4. The highest BCUT2D eigenvalue weighted by Crippen LogP contribution is 2.24. The van der Waals surface area contributed by atoms with Gasteiger partial charge in [0, 0.05) is 24.0 Å². The Morgan fingerprint density at radius 2 is 2.00 bits per heavy atom. The molecule has 0 saturated heterocycles. The fourth-order valence-corrected chi connectivity index (χ4v) is 2.10. The SMILES string of the molecule is N#Cc1cc(-n2cc(C(N)=O)cn2)ncc1-c1ccc(F)cc1. The van der Waals surface area contributed by atoms with E-state index in [1.807, 2.05) is 0 Å². The van der Waals surface area contributed by atoms with Crippen LogP contribution in [0.5, 0.6) is 0 Å². The Bertz CT molecular complexity index is 924. The number of aromatic nitrogens is 3. The number of primary amides is 1. The standard InChI is InChI=1S/C16H10FN5O/c17-13-3-1-10(2-4-13)14-8-20-15(5-11(14)6-18)22-9-12(7-21-22)16(19)23/h1-5,7-9H,(H2,19,23). The number of benzene rings is 1. The van der Waals surface area contributed by atoms with Crippen LogP contribution in [0.4, 0.5) is 4.39 Å². The van der Waals surface area contributed by atoms with E-state index in [9.17, 15) is 14.4 Å². The van der Waals surface area contributed by atoms with Crippen molar-refractivity contribution in [3.05, 3.63) is 65.9 Å². The van der Waals surface area contributed by atoms with Gasteiger partial charge >= 0.3 is 0 Å². The van der Waals surface area contributed by atoms with Crippen molar-refractivity contribution in [2.75, 3.05) is 0 Å². The lowest BCUT2D eigenvalue weighted by Crippen LogP contribution is -2.09. The van der Waals surface area contributed by atoms with Crippen LogP contribution < -0.4 is 5.73 Å². The average Bonchev–Trinajstić information content (AvgIpc) is 3.05. The van der Waals surface area contributed by atoms with Crippen LogP contribution in [0.3, 0.4) is 0 Å². The predicted molar refractivity (Wildman–Crippen MR) is 80.0 cm³/mol. The van der Waals surface area contributed by atoms with E-state index in [0.717, 1.165) is 0 Å². The van der Waals surface area contributed by atoms with Crippen molar-refractivity contribution in [3.63, 3.8) is 0 Å². The first kappa shape index (κ1) is 14.4. The van der Waals surface area contributed by atoms with Crippen molar-refractivity contribution in [1.29, 1.82) is 5.26 Å². The van der Waals surface area contributed by atoms with Gasteiger partial charge in [-0.25, -0.2) is 14.1 Å². The summed E-state index contributed by atoms with van der Waals surface area (Å²) in [5.74, 6) is -0.577. The smallest absolute Gasteiger partial charge is 0.251 e. The molecule has 0 atom stereocenters. The van der Waals surface area contributed by atoms with Gasteiger partial charge in [-0.05, 0) is 17.7 Å². The summed E-state index contributed by atoms with van der Waals surface area (Å²) in [6.45, 7) is 0. The molecule has 2 heterocycles. The Labute approximate surface area is 130 Å². The average molecular weight is 307 g/mol. The van der Waals surface area contributed by atoms with Crippen molar-refractivity contribution in [2.45, 2.75) is 0 Å². The number of carbonyl (C=O) groups is 1. The van der Waals surface area contributed by atoms with Crippen LogP contribution in [0.25, 0.3) is 16.9 Å². The van der Waals surface area contributed by atoms with Crippen LogP contribution in [0.15, 0.2) is 48.9 Å². The fourth-order valence-electron chi connectivity index (χ4n) is 2.10. The third-order valence-electron chi connectivity index (χ3n) is 3.27. The molecule has 0 radical (unpaired) electrons. The molecule has 0 bridgehead atoms. The van der Waals surface area contributed by atoms with Gasteiger partial charge in [0.1, 0.15) is 5.82 Å². The lowest BCUT2D eigenvalue weighted by molar-refractivity contribution is 0.100. The van der Waals surface area contributed by atoms with Crippen molar-refractivity contribution in [1.82, 2.24) is 14.8 Å². The highest BCUT2D eigenvalue weighted by Gasteiger charge is 2.11. The van der Waals surface area contributed by atoms with Gasteiger partial charge in [-0.1, -0.05) is 12.1 Å². The molecule has 0 saturated carbocycles. The maximum absolute atomic E-state index is 13.0. The number of carbonyl (C=O) groups excluding carboxylic acids is 1. The van der Waals surface area contributed by atoms with Gasteiger partial charge < -0.3 is 5.73 Å². The number of nitriles is 1. The second kappa shape index (κ2) is 5.69. The van der Waals surface area contributed by atoms with Gasteiger partial charge in [0.2, 0.25) is 0 Å². The first-order valence-corrected chi connectivity index (χ1v) is 6.59. The summed E-state index contributed by atoms with van der Waals surface area (Å²) in [6, 6.07) is 9.40. The normalized spacial score (nSPS) is 10.3. The molecule has 7 heteroatoms. The molecule has 0 aliphatic heterocycles. The Morgan fingerprint density at radius 1 is 1.26 bits per heavy atom. The summed E-state index contributed by atoms with van der Waals surface area (Å²) in [4.78, 5) is 15.3. The van der Waals surface area contributed by atoms with Gasteiger partial charge in [0.15, 0.2) is 5.82 Å². The number of pyridine rings is 1. The second-order valence-corrected chi connectivity index (χ2v) is 4.74. The Kier molecular flexibility index (Phi) is 3.57. The summed E-state index contributed by atoms with van der Waals surface area (Å²) in [7, 11) is 0. The van der Waals surface area contributed by atoms with E-state index in [1.165, 1.54) is 41.5 Å². The zero-order valence-corrected chi connectivity index (χ0v) is 11.8. The molecule has 0 aliphatic carbocycles. The minimum atomic E-state index is -0.598. The number of amides is 1. The summed E-state index contributed by atoms with van der Waals surface area (Å²) in [6.07, 6.45) is 4.26. The second-order valence-electron chi connectivity index (χ2n) is 4.74. The highest BCUT2D eigenvalue weighted by molar-refractivity contribution is 5.92. The number of nitrogens with two attached hydrogens (primary N) is 1. The molecule has 0 aliphatic rings. The van der Waals surface area contributed by atoms with Crippen molar-refractivity contribution < 1.29 is 9.18 Å². The molecule has 0 fully saturated rings. The summed E-state index contributed by atoms with van der Waals surface area (Å²) in [5, 5.41) is 13.3. The molecule has 1 amide bonds. The molecule has 0 unspecified atom stereocenters. The topological polar surface area (TPSA) is 97.6 Å². The van der Waals surface area contributed by atoms with Crippen molar-refractivity contribution >= 4 is 5.91 Å². The van der Waals surface area contributed by atoms with Crippen LogP contribution in [0, 0.1) is 17.1 Å². The first-order chi connectivity index (χ1) is 11.1. The fraction of sp³-hybridized carbons (Fsp3) is 0. The first-order valence-electron chi connectivity index (χ1n) is 6.59. The minimum Gasteiger partial charge on any atom is -0.366 e. The van der Waals surface area contributed by atoms with Crippen LogP contribution in [0.2, 0.25) is 0 Å². The Morgan fingerprint density at radius 3 is 2.61 bits per heavy atom. The van der Waals surface area contributed by atoms with Gasteiger partial charge in [-0.2, -0.15) is 10.4 Å². The van der Waals surface area contributed by atoms with Gasteiger partial charge in [0.05, 0.1) is 23.4 Å². The highest BCUT2D eigenvalue weighted by atomic mass is 19.1.